The monoisotopic (exact) mass is 416 g/mol. The Morgan fingerprint density at radius 2 is 1.93 bits per heavy atom. The highest BCUT2D eigenvalue weighted by Gasteiger charge is 2.33. The van der Waals surface area contributed by atoms with Gasteiger partial charge in [-0.15, -0.1) is 24.2 Å². The van der Waals surface area contributed by atoms with Gasteiger partial charge in [0.2, 0.25) is 5.91 Å². The minimum atomic E-state index is -0.00542. The van der Waals surface area contributed by atoms with E-state index in [1.165, 1.54) is 5.56 Å². The number of nitrogens with two attached hydrogens (primary N) is 1. The molecule has 3 aromatic rings. The summed E-state index contributed by atoms with van der Waals surface area (Å²) in [4.78, 5) is 22.6. The molecule has 1 aliphatic rings. The molecule has 0 aliphatic carbocycles. The summed E-state index contributed by atoms with van der Waals surface area (Å²) in [5.74, 6) is 1.71. The van der Waals surface area contributed by atoms with E-state index < -0.39 is 0 Å². The van der Waals surface area contributed by atoms with E-state index in [1.807, 2.05) is 47.4 Å². The molecule has 1 unspecified atom stereocenters. The van der Waals surface area contributed by atoms with Crippen LogP contribution in [0.4, 0.5) is 0 Å². The van der Waals surface area contributed by atoms with Crippen molar-refractivity contribution in [2.45, 2.75) is 24.1 Å². The Morgan fingerprint density at radius 3 is 2.68 bits per heavy atom. The molecule has 1 saturated heterocycles. The third-order valence-corrected chi connectivity index (χ3v) is 6.33. The van der Waals surface area contributed by atoms with Gasteiger partial charge in [-0.3, -0.25) is 4.79 Å². The summed E-state index contributed by atoms with van der Waals surface area (Å²) >= 11 is 1.61. The molecule has 1 fully saturated rings. The molecule has 0 radical (unpaired) electrons. The van der Waals surface area contributed by atoms with Crippen LogP contribution in [-0.2, 0) is 4.79 Å². The average molecular weight is 417 g/mol. The van der Waals surface area contributed by atoms with Gasteiger partial charge in [-0.2, -0.15) is 0 Å². The number of aromatic amines is 1. The van der Waals surface area contributed by atoms with Crippen molar-refractivity contribution in [2.75, 3.05) is 18.8 Å². The van der Waals surface area contributed by atoms with Crippen LogP contribution in [0.25, 0.3) is 11.0 Å². The first kappa shape index (κ1) is 20.7. The Hall–Kier alpha value is -2.02. The van der Waals surface area contributed by atoms with Gasteiger partial charge in [-0.25, -0.2) is 4.98 Å². The van der Waals surface area contributed by atoms with Gasteiger partial charge >= 0.3 is 0 Å². The molecule has 1 aromatic heterocycles. The summed E-state index contributed by atoms with van der Waals surface area (Å²) < 4.78 is 0. The Labute approximate surface area is 175 Å². The van der Waals surface area contributed by atoms with E-state index in [2.05, 4.69) is 29.0 Å². The number of rotatable bonds is 5. The maximum atomic E-state index is 12.7. The lowest BCUT2D eigenvalue weighted by molar-refractivity contribution is -0.127. The van der Waals surface area contributed by atoms with E-state index in [1.54, 1.807) is 11.8 Å². The Morgan fingerprint density at radius 1 is 1.21 bits per heavy atom. The highest BCUT2D eigenvalue weighted by atomic mass is 35.5. The maximum Gasteiger partial charge on any atom is 0.232 e. The molecule has 3 atom stereocenters. The minimum Gasteiger partial charge on any atom is -0.341 e. The number of carbonyl (C=O) groups excluding carboxylic acids is 1. The van der Waals surface area contributed by atoms with Crippen LogP contribution < -0.4 is 5.73 Å². The Balaban J connectivity index is 0.00000225. The molecule has 148 valence electrons. The highest BCUT2D eigenvalue weighted by Crippen LogP contribution is 2.30. The van der Waals surface area contributed by atoms with Crippen molar-refractivity contribution < 1.29 is 4.79 Å². The molecule has 3 N–H and O–H groups in total. The predicted octanol–water partition coefficient (Wildman–Crippen LogP) is 3.73. The van der Waals surface area contributed by atoms with Gasteiger partial charge in [0.15, 0.2) is 0 Å². The van der Waals surface area contributed by atoms with E-state index in [9.17, 15) is 4.79 Å². The molecular weight excluding hydrogens is 392 g/mol. The lowest BCUT2D eigenvalue weighted by atomic mass is 9.95. The first-order chi connectivity index (χ1) is 13.1. The number of hydrogen-bond donors (Lipinski definition) is 2. The second-order valence-corrected chi connectivity index (χ2v) is 8.40. The molecule has 1 amide bonds. The fourth-order valence-corrected chi connectivity index (χ4v) is 4.46. The number of halogens is 1. The average Bonchev–Trinajstić information content (AvgIpc) is 3.30. The third-order valence-electron chi connectivity index (χ3n) is 5.20. The first-order valence-electron chi connectivity index (χ1n) is 9.26. The van der Waals surface area contributed by atoms with Crippen LogP contribution in [0.2, 0.25) is 0 Å². The maximum absolute atomic E-state index is 12.7. The number of carbonyl (C=O) groups is 1. The summed E-state index contributed by atoms with van der Waals surface area (Å²) in [6.07, 6.45) is 0. The number of fused-ring (bicyclic) bond motifs is 1. The number of para-hydroxylation sites is 2. The van der Waals surface area contributed by atoms with Crippen LogP contribution in [0.5, 0.6) is 0 Å². The zero-order valence-electron chi connectivity index (χ0n) is 15.7. The number of likely N-dealkylation sites (tertiary alicyclic amines) is 1. The number of hydrogen-bond acceptors (Lipinski definition) is 4. The number of H-pyrrole nitrogens is 1. The van der Waals surface area contributed by atoms with Crippen molar-refractivity contribution in [3.05, 3.63) is 66.0 Å². The number of aromatic nitrogens is 2. The van der Waals surface area contributed by atoms with Crippen LogP contribution in [0, 0.1) is 0 Å². The van der Waals surface area contributed by atoms with Gasteiger partial charge < -0.3 is 15.6 Å². The van der Waals surface area contributed by atoms with Crippen molar-refractivity contribution in [3.8, 4) is 0 Å². The Bertz CT molecular complexity index is 899. The normalized spacial score (nSPS) is 20.1. The third kappa shape index (κ3) is 4.35. The van der Waals surface area contributed by atoms with Crippen molar-refractivity contribution >= 4 is 41.1 Å². The van der Waals surface area contributed by atoms with Crippen LogP contribution in [0.3, 0.4) is 0 Å². The molecule has 2 heterocycles. The van der Waals surface area contributed by atoms with E-state index in [0.29, 0.717) is 18.8 Å². The number of nitrogens with zero attached hydrogens (tertiary/aromatic N) is 2. The summed E-state index contributed by atoms with van der Waals surface area (Å²) in [7, 11) is 0. The van der Waals surface area contributed by atoms with Gasteiger partial charge in [-0.1, -0.05) is 42.5 Å². The fraction of sp³-hybridized carbons (Fsp3) is 0.333. The van der Waals surface area contributed by atoms with Crippen molar-refractivity contribution in [2.24, 2.45) is 5.73 Å². The number of nitrogens with one attached hydrogen (secondary N) is 1. The summed E-state index contributed by atoms with van der Waals surface area (Å²) in [5.41, 5.74) is 9.52. The van der Waals surface area contributed by atoms with Gasteiger partial charge in [0, 0.05) is 25.0 Å². The van der Waals surface area contributed by atoms with Gasteiger partial charge in [0.05, 0.1) is 22.0 Å². The molecule has 5 nitrogen and oxygen atoms in total. The van der Waals surface area contributed by atoms with Crippen LogP contribution in [0.15, 0.2) is 54.6 Å². The fourth-order valence-electron chi connectivity index (χ4n) is 3.62. The highest BCUT2D eigenvalue weighted by molar-refractivity contribution is 8.00. The number of amides is 1. The van der Waals surface area contributed by atoms with E-state index in [0.717, 1.165) is 16.9 Å². The second kappa shape index (κ2) is 8.99. The first-order valence-corrected chi connectivity index (χ1v) is 10.3. The van der Waals surface area contributed by atoms with Crippen LogP contribution in [-0.4, -0.2) is 45.7 Å². The molecule has 4 rings (SSSR count). The largest absolute Gasteiger partial charge is 0.341 e. The lowest BCUT2D eigenvalue weighted by Gasteiger charge is -2.17. The van der Waals surface area contributed by atoms with Crippen LogP contribution >= 0.6 is 24.2 Å². The number of benzene rings is 2. The minimum absolute atomic E-state index is 0. The van der Waals surface area contributed by atoms with Gasteiger partial charge in [0.1, 0.15) is 5.82 Å². The standard InChI is InChI=1S/C21H24N4OS.ClH/c1-14(21-23-18-9-5-6-10-19(18)24-21)27-13-20(26)25-11-16(17(22)12-25)15-7-3-2-4-8-15;/h2-10,14,16-17H,11-13,22H2,1H3,(H,23,24);1H/t14?,16-,17+;/m0./s1. The van der Waals surface area contributed by atoms with Gasteiger partial charge in [-0.05, 0) is 24.6 Å². The smallest absolute Gasteiger partial charge is 0.232 e. The van der Waals surface area contributed by atoms with Crippen LogP contribution in [0.1, 0.15) is 29.5 Å². The van der Waals surface area contributed by atoms with E-state index in [4.69, 9.17) is 5.73 Å². The van der Waals surface area contributed by atoms with E-state index in [-0.39, 0.29) is 35.5 Å². The SMILES string of the molecule is CC(SCC(=O)N1C[C@@H](N)[C@H](c2ccccc2)C1)c1nc2ccccc2[nH]1.Cl. The molecule has 0 spiro atoms. The molecule has 7 heteroatoms. The zero-order chi connectivity index (χ0) is 18.8. The topological polar surface area (TPSA) is 75.0 Å². The lowest BCUT2D eigenvalue weighted by Crippen LogP contribution is -2.33. The number of thioether (sulfide) groups is 1. The molecular formula is C21H25ClN4OS. The number of imidazole rings is 1. The molecule has 28 heavy (non-hydrogen) atoms. The van der Waals surface area contributed by atoms with Crippen molar-refractivity contribution in [3.63, 3.8) is 0 Å². The summed E-state index contributed by atoms with van der Waals surface area (Å²) in [5, 5.41) is 0.127. The van der Waals surface area contributed by atoms with Crippen molar-refractivity contribution in [1.29, 1.82) is 0 Å². The molecule has 0 bridgehead atoms. The predicted molar refractivity (Wildman–Crippen MR) is 118 cm³/mol. The Kier molecular flexibility index (Phi) is 6.65. The summed E-state index contributed by atoms with van der Waals surface area (Å²) in [6.45, 7) is 3.40. The second-order valence-electron chi connectivity index (χ2n) is 7.07. The van der Waals surface area contributed by atoms with Gasteiger partial charge in [0.25, 0.3) is 0 Å². The molecule has 1 aliphatic heterocycles. The van der Waals surface area contributed by atoms with E-state index >= 15 is 0 Å². The summed E-state index contributed by atoms with van der Waals surface area (Å²) in [6, 6.07) is 18.2. The molecule has 0 saturated carbocycles. The molecule has 2 aromatic carbocycles. The zero-order valence-corrected chi connectivity index (χ0v) is 17.4. The van der Waals surface area contributed by atoms with Crippen molar-refractivity contribution in [1.82, 2.24) is 14.9 Å². The quantitative estimate of drug-likeness (QED) is 0.664.